The number of carbonyl (C=O) groups is 1. The number of anilines is 2. The third-order valence-corrected chi connectivity index (χ3v) is 6.25. The highest BCUT2D eigenvalue weighted by molar-refractivity contribution is 7.90. The number of nitrogens with one attached hydrogen (secondary N) is 1. The predicted molar refractivity (Wildman–Crippen MR) is 118 cm³/mol. The van der Waals surface area contributed by atoms with Gasteiger partial charge in [0.15, 0.2) is 15.5 Å². The van der Waals surface area contributed by atoms with E-state index in [-0.39, 0.29) is 16.4 Å². The molecule has 0 saturated heterocycles. The maximum atomic E-state index is 13.2. The summed E-state index contributed by atoms with van der Waals surface area (Å²) in [5.41, 5.74) is 8.04. The molecule has 0 bridgehead atoms. The lowest BCUT2D eigenvalue weighted by Gasteiger charge is -2.10. The largest absolute Gasteiger partial charge is 0.397 e. The Morgan fingerprint density at radius 2 is 1.69 bits per heavy atom. The van der Waals surface area contributed by atoms with Gasteiger partial charge in [-0.15, -0.1) is 5.10 Å². The molecule has 4 aromatic rings. The molecule has 3 N–H and O–H groups in total. The number of benzene rings is 3. The highest BCUT2D eigenvalue weighted by Crippen LogP contribution is 2.27. The summed E-state index contributed by atoms with van der Waals surface area (Å²) < 4.78 is 39.2. The zero-order valence-electron chi connectivity index (χ0n) is 16.6. The number of aromatic nitrogens is 3. The Kier molecular flexibility index (Phi) is 5.69. The Bertz CT molecular complexity index is 1370. The van der Waals surface area contributed by atoms with Gasteiger partial charge in [-0.05, 0) is 47.5 Å². The molecule has 10 heteroatoms. The number of sulfone groups is 1. The van der Waals surface area contributed by atoms with Crippen molar-refractivity contribution in [2.45, 2.75) is 10.8 Å². The fourth-order valence-corrected chi connectivity index (χ4v) is 4.21. The highest BCUT2D eigenvalue weighted by atomic mass is 32.2. The van der Waals surface area contributed by atoms with E-state index in [0.29, 0.717) is 11.4 Å². The summed E-state index contributed by atoms with van der Waals surface area (Å²) in [5.74, 6) is -1.41. The molecule has 0 aliphatic heterocycles. The lowest BCUT2D eigenvalue weighted by molar-refractivity contribution is 0.102. The number of carbonyl (C=O) groups excluding carboxylic acids is 1. The zero-order valence-corrected chi connectivity index (χ0v) is 17.5. The van der Waals surface area contributed by atoms with E-state index >= 15 is 0 Å². The Labute approximate surface area is 183 Å². The molecule has 4 rings (SSSR count). The number of nitrogens with zero attached hydrogens (tertiary/aromatic N) is 3. The predicted octanol–water partition coefficient (Wildman–Crippen LogP) is 3.35. The summed E-state index contributed by atoms with van der Waals surface area (Å²) in [4.78, 5) is 12.8. The van der Waals surface area contributed by atoms with Crippen LogP contribution < -0.4 is 11.1 Å². The molecule has 0 atom stereocenters. The average molecular weight is 451 g/mol. The molecule has 0 unspecified atom stereocenters. The van der Waals surface area contributed by atoms with Gasteiger partial charge in [0.05, 0.1) is 22.5 Å². The Morgan fingerprint density at radius 1 is 1.00 bits per heavy atom. The minimum atomic E-state index is -3.65. The molecule has 3 aromatic carbocycles. The van der Waals surface area contributed by atoms with Crippen LogP contribution in [-0.4, -0.2) is 29.3 Å². The topological polar surface area (TPSA) is 120 Å². The molecule has 0 radical (unpaired) electrons. The highest BCUT2D eigenvalue weighted by Gasteiger charge is 2.18. The normalized spacial score (nSPS) is 11.3. The van der Waals surface area contributed by atoms with Crippen molar-refractivity contribution >= 4 is 27.1 Å². The van der Waals surface area contributed by atoms with Crippen LogP contribution in [0.4, 0.5) is 15.8 Å². The van der Waals surface area contributed by atoms with E-state index in [2.05, 4.69) is 15.6 Å². The van der Waals surface area contributed by atoms with Crippen molar-refractivity contribution in [1.82, 2.24) is 15.0 Å². The first-order valence-electron chi connectivity index (χ1n) is 9.46. The van der Waals surface area contributed by atoms with Crippen molar-refractivity contribution < 1.29 is 17.6 Å². The fourth-order valence-electron chi connectivity index (χ4n) is 3.01. The van der Waals surface area contributed by atoms with Gasteiger partial charge in [0.1, 0.15) is 11.7 Å². The van der Waals surface area contributed by atoms with Crippen LogP contribution in [0, 0.1) is 5.82 Å². The molecule has 8 nitrogen and oxygen atoms in total. The number of hydrogen-bond donors (Lipinski definition) is 2. The molecule has 1 aromatic heterocycles. The van der Waals surface area contributed by atoms with E-state index in [4.69, 9.17) is 5.73 Å². The quantitative estimate of drug-likeness (QED) is 0.434. The molecule has 0 aliphatic rings. The standard InChI is InChI=1S/C22H18FN5O3S/c23-17-9-6-15(7-10-17)16-8-11-19(24)20(12-16)25-22(29)21-13-28(27-26-21)14-32(30,31)18-4-2-1-3-5-18/h1-13H,14,24H2,(H,25,29). The summed E-state index contributed by atoms with van der Waals surface area (Å²) in [6.07, 6.45) is 1.25. The summed E-state index contributed by atoms with van der Waals surface area (Å²) >= 11 is 0. The van der Waals surface area contributed by atoms with Gasteiger partial charge in [0.2, 0.25) is 0 Å². The van der Waals surface area contributed by atoms with Gasteiger partial charge in [-0.3, -0.25) is 4.79 Å². The second kappa shape index (κ2) is 8.60. The molecule has 1 heterocycles. The summed E-state index contributed by atoms with van der Waals surface area (Å²) in [6, 6.07) is 18.9. The van der Waals surface area contributed by atoms with Crippen molar-refractivity contribution in [2.75, 3.05) is 11.1 Å². The molecule has 0 saturated carbocycles. The lowest BCUT2D eigenvalue weighted by atomic mass is 10.0. The van der Waals surface area contributed by atoms with Crippen LogP contribution in [0.5, 0.6) is 0 Å². The SMILES string of the molecule is Nc1ccc(-c2ccc(F)cc2)cc1NC(=O)c1cn(CS(=O)(=O)c2ccccc2)nn1. The van der Waals surface area contributed by atoms with Crippen molar-refractivity contribution in [3.8, 4) is 11.1 Å². The number of nitrogens with two attached hydrogens (primary N) is 1. The molecular weight excluding hydrogens is 433 g/mol. The number of hydrogen-bond acceptors (Lipinski definition) is 6. The van der Waals surface area contributed by atoms with Crippen LogP contribution >= 0.6 is 0 Å². The van der Waals surface area contributed by atoms with Crippen LogP contribution in [0.3, 0.4) is 0 Å². The maximum Gasteiger partial charge on any atom is 0.277 e. The first-order chi connectivity index (χ1) is 15.3. The second-order valence-corrected chi connectivity index (χ2v) is 8.92. The van der Waals surface area contributed by atoms with Crippen LogP contribution in [-0.2, 0) is 15.7 Å². The molecule has 0 spiro atoms. The number of amides is 1. The lowest BCUT2D eigenvalue weighted by Crippen LogP contribution is -2.14. The third-order valence-electron chi connectivity index (χ3n) is 4.65. The Morgan fingerprint density at radius 3 is 2.41 bits per heavy atom. The Balaban J connectivity index is 1.51. The number of nitrogen functional groups attached to an aromatic ring is 1. The summed E-state index contributed by atoms with van der Waals surface area (Å²) in [7, 11) is -3.65. The van der Waals surface area contributed by atoms with E-state index in [1.807, 2.05) is 0 Å². The van der Waals surface area contributed by atoms with Gasteiger partial charge >= 0.3 is 0 Å². The second-order valence-electron chi connectivity index (χ2n) is 6.96. The fraction of sp³-hybridized carbons (Fsp3) is 0.0455. The minimum Gasteiger partial charge on any atom is -0.397 e. The van der Waals surface area contributed by atoms with Crippen molar-refractivity contribution in [3.63, 3.8) is 0 Å². The van der Waals surface area contributed by atoms with Gasteiger partial charge in [-0.2, -0.15) is 0 Å². The van der Waals surface area contributed by atoms with Crippen LogP contribution in [0.1, 0.15) is 10.5 Å². The first-order valence-corrected chi connectivity index (χ1v) is 11.1. The van der Waals surface area contributed by atoms with Crippen molar-refractivity contribution in [3.05, 3.63) is 90.5 Å². The third kappa shape index (κ3) is 4.65. The van der Waals surface area contributed by atoms with E-state index in [0.717, 1.165) is 15.8 Å². The smallest absolute Gasteiger partial charge is 0.277 e. The Hall–Kier alpha value is -4.05. The van der Waals surface area contributed by atoms with Gasteiger partial charge in [-0.25, -0.2) is 17.5 Å². The minimum absolute atomic E-state index is 0.0696. The zero-order chi connectivity index (χ0) is 22.7. The van der Waals surface area contributed by atoms with E-state index in [9.17, 15) is 17.6 Å². The number of halogens is 1. The van der Waals surface area contributed by atoms with Gasteiger partial charge in [0, 0.05) is 0 Å². The van der Waals surface area contributed by atoms with E-state index < -0.39 is 21.6 Å². The molecule has 0 aliphatic carbocycles. The van der Waals surface area contributed by atoms with E-state index in [1.54, 1.807) is 48.5 Å². The van der Waals surface area contributed by atoms with Gasteiger partial charge in [-0.1, -0.05) is 41.6 Å². The maximum absolute atomic E-state index is 13.2. The van der Waals surface area contributed by atoms with Crippen LogP contribution in [0.25, 0.3) is 11.1 Å². The van der Waals surface area contributed by atoms with E-state index in [1.165, 1.54) is 30.5 Å². The van der Waals surface area contributed by atoms with Crippen molar-refractivity contribution in [1.29, 1.82) is 0 Å². The van der Waals surface area contributed by atoms with Crippen LogP contribution in [0.15, 0.2) is 83.9 Å². The molecule has 32 heavy (non-hydrogen) atoms. The monoisotopic (exact) mass is 451 g/mol. The van der Waals surface area contributed by atoms with Crippen LogP contribution in [0.2, 0.25) is 0 Å². The summed E-state index contributed by atoms with van der Waals surface area (Å²) in [6.45, 7) is 0. The first kappa shape index (κ1) is 21.2. The average Bonchev–Trinajstić information content (AvgIpc) is 3.24. The molecule has 162 valence electrons. The van der Waals surface area contributed by atoms with Crippen molar-refractivity contribution in [2.24, 2.45) is 0 Å². The molecule has 0 fully saturated rings. The summed E-state index contributed by atoms with van der Waals surface area (Å²) in [5, 5.41) is 10.2. The molecular formula is C22H18FN5O3S. The van der Waals surface area contributed by atoms with Gasteiger partial charge < -0.3 is 11.1 Å². The number of rotatable bonds is 6. The molecule has 1 amide bonds. The van der Waals surface area contributed by atoms with Gasteiger partial charge in [0.25, 0.3) is 5.91 Å².